The van der Waals surface area contributed by atoms with E-state index in [1.165, 1.54) is 21.3 Å². The molecule has 1 fully saturated rings. The fourth-order valence-corrected chi connectivity index (χ4v) is 6.21. The summed E-state index contributed by atoms with van der Waals surface area (Å²) < 4.78 is 24.3. The Balaban J connectivity index is 0.00000235. The number of amides is 1. The van der Waals surface area contributed by atoms with Crippen LogP contribution in [-0.4, -0.2) is 105 Å². The number of carbonyl (C=O) groups is 2. The highest BCUT2D eigenvalue weighted by Crippen LogP contribution is 2.38. The number of carbonyl (C=O) groups excluding carboxylic acids is 2. The van der Waals surface area contributed by atoms with Crippen molar-refractivity contribution in [1.29, 1.82) is 0 Å². The Kier molecular flexibility index (Phi) is 13.4. The fourth-order valence-electron chi connectivity index (χ4n) is 5.94. The van der Waals surface area contributed by atoms with Crippen LogP contribution < -0.4 is 19.5 Å². The number of fused-ring (bicyclic) bond motifs is 5. The number of hydrogen-bond donors (Lipinski definition) is 1. The van der Waals surface area contributed by atoms with E-state index in [2.05, 4.69) is 15.1 Å². The van der Waals surface area contributed by atoms with Crippen molar-refractivity contribution < 1.29 is 28.5 Å². The van der Waals surface area contributed by atoms with Crippen LogP contribution in [0.1, 0.15) is 66.7 Å². The topological polar surface area (TPSA) is 107 Å². The lowest BCUT2D eigenvalue weighted by atomic mass is 10.1. The van der Waals surface area contributed by atoms with Crippen LogP contribution in [0.4, 0.5) is 0 Å². The summed E-state index contributed by atoms with van der Waals surface area (Å²) in [5, 5.41) is 9.02. The lowest BCUT2D eigenvalue weighted by Gasteiger charge is -2.25. The molecule has 2 aromatic carbocycles. The van der Waals surface area contributed by atoms with Crippen molar-refractivity contribution in [3.8, 4) is 17.2 Å². The molecule has 0 radical (unpaired) electrons. The van der Waals surface area contributed by atoms with Crippen molar-refractivity contribution in [2.75, 3.05) is 67.1 Å². The standard InChI is InChI=1S/C32H42ClN5O6.C2H6/c1-41-28-19-23(20-29(42-2)30(28)43-3)32(40)44-24-7-4-13-38-21-25-26(33)17-22(18-27(25)35-38)31(39)34-9-5-10-36-11-6-12-37(14-8-24)16-15-36;1-2/h17-21,24H,4-16H2,1-3H3,(H,34,39);1-2H3. The van der Waals surface area contributed by atoms with Gasteiger partial charge in [-0.1, -0.05) is 25.4 Å². The van der Waals surface area contributed by atoms with Crippen LogP contribution in [0.5, 0.6) is 17.2 Å². The van der Waals surface area contributed by atoms with Crippen molar-refractivity contribution in [3.05, 3.63) is 46.6 Å². The SMILES string of the molecule is CC.COc1cc(C(=O)OC2CCCn3cc4c(Cl)cc(cc4n3)C(=O)NCCCN3CCCN(CC2)CC3)cc(OC)c1OC. The molecule has 0 spiro atoms. The normalized spacial score (nSPS) is 21.1. The van der Waals surface area contributed by atoms with Gasteiger partial charge in [0.05, 0.1) is 37.4 Å². The highest BCUT2D eigenvalue weighted by atomic mass is 35.5. The first-order valence-corrected chi connectivity index (χ1v) is 16.7. The van der Waals surface area contributed by atoms with Gasteiger partial charge in [-0.25, -0.2) is 4.79 Å². The van der Waals surface area contributed by atoms with Crippen molar-refractivity contribution in [2.24, 2.45) is 0 Å². The van der Waals surface area contributed by atoms with Crippen LogP contribution >= 0.6 is 11.6 Å². The first-order valence-electron chi connectivity index (χ1n) is 16.3. The smallest absolute Gasteiger partial charge is 0.338 e. The minimum absolute atomic E-state index is 0.142. The summed E-state index contributed by atoms with van der Waals surface area (Å²) >= 11 is 6.56. The molecule has 5 rings (SSSR count). The van der Waals surface area contributed by atoms with Crippen LogP contribution in [0.25, 0.3) is 10.9 Å². The van der Waals surface area contributed by atoms with Gasteiger partial charge in [0, 0.05) is 49.9 Å². The minimum Gasteiger partial charge on any atom is -0.493 e. The lowest BCUT2D eigenvalue weighted by molar-refractivity contribution is 0.0227. The molecular weight excluding hydrogens is 610 g/mol. The molecular formula is C34H48ClN5O6. The lowest BCUT2D eigenvalue weighted by Crippen LogP contribution is -2.34. The summed E-state index contributed by atoms with van der Waals surface area (Å²) in [5.74, 6) is 0.636. The van der Waals surface area contributed by atoms with E-state index in [9.17, 15) is 9.59 Å². The average Bonchev–Trinajstić information content (AvgIpc) is 3.36. The van der Waals surface area contributed by atoms with E-state index < -0.39 is 5.97 Å². The van der Waals surface area contributed by atoms with Gasteiger partial charge in [0.25, 0.3) is 5.91 Å². The first kappa shape index (κ1) is 35.3. The molecule has 2 aliphatic rings. The van der Waals surface area contributed by atoms with E-state index in [4.69, 9.17) is 35.6 Å². The van der Waals surface area contributed by atoms with E-state index in [1.54, 1.807) is 24.3 Å². The van der Waals surface area contributed by atoms with Crippen LogP contribution in [0.2, 0.25) is 5.02 Å². The molecule has 1 amide bonds. The Hall–Kier alpha value is -3.54. The summed E-state index contributed by atoms with van der Waals surface area (Å²) in [6, 6.07) is 6.73. The molecule has 252 valence electrons. The summed E-state index contributed by atoms with van der Waals surface area (Å²) in [7, 11) is 4.56. The van der Waals surface area contributed by atoms with Crippen LogP contribution in [0, 0.1) is 0 Å². The predicted molar refractivity (Wildman–Crippen MR) is 180 cm³/mol. The van der Waals surface area contributed by atoms with Gasteiger partial charge >= 0.3 is 5.97 Å². The van der Waals surface area contributed by atoms with Crippen LogP contribution in [0.3, 0.4) is 0 Å². The number of benzene rings is 2. The second kappa shape index (κ2) is 17.4. The Bertz CT molecular complexity index is 1440. The van der Waals surface area contributed by atoms with Gasteiger partial charge in [0.2, 0.25) is 5.75 Å². The molecule has 3 atom stereocenters. The zero-order valence-electron chi connectivity index (χ0n) is 27.8. The molecule has 1 saturated heterocycles. The minimum atomic E-state index is -0.437. The largest absolute Gasteiger partial charge is 0.493 e. The van der Waals surface area contributed by atoms with Gasteiger partial charge in [-0.3, -0.25) is 9.48 Å². The molecule has 0 saturated carbocycles. The number of methoxy groups -OCH3 is 3. The van der Waals surface area contributed by atoms with Crippen LogP contribution in [-0.2, 0) is 11.3 Å². The number of rotatable bonds is 5. The third-order valence-electron chi connectivity index (χ3n) is 8.36. The molecule has 5 bridgehead atoms. The maximum Gasteiger partial charge on any atom is 0.338 e. The van der Waals surface area contributed by atoms with E-state index in [-0.39, 0.29) is 12.0 Å². The van der Waals surface area contributed by atoms with E-state index in [0.29, 0.717) is 58.4 Å². The van der Waals surface area contributed by atoms with Gasteiger partial charge in [-0.2, -0.15) is 5.10 Å². The van der Waals surface area contributed by atoms with Crippen molar-refractivity contribution in [1.82, 2.24) is 24.9 Å². The highest BCUT2D eigenvalue weighted by molar-refractivity contribution is 6.35. The number of ether oxygens (including phenoxy) is 4. The number of esters is 1. The molecule has 0 aliphatic carbocycles. The molecule has 11 nitrogen and oxygen atoms in total. The van der Waals surface area contributed by atoms with Crippen molar-refractivity contribution in [3.63, 3.8) is 0 Å². The van der Waals surface area contributed by atoms with Gasteiger partial charge in [0.15, 0.2) is 11.5 Å². The Labute approximate surface area is 277 Å². The number of hydrogen-bond acceptors (Lipinski definition) is 9. The molecule has 2 aliphatic heterocycles. The third kappa shape index (κ3) is 9.04. The molecule has 12 heteroatoms. The number of nitrogens with one attached hydrogen (secondary N) is 1. The van der Waals surface area contributed by atoms with Crippen molar-refractivity contribution in [2.45, 2.75) is 58.6 Å². The Morgan fingerprint density at radius 1 is 0.848 bits per heavy atom. The van der Waals surface area contributed by atoms with Gasteiger partial charge in [-0.15, -0.1) is 0 Å². The highest BCUT2D eigenvalue weighted by Gasteiger charge is 2.23. The monoisotopic (exact) mass is 657 g/mol. The summed E-state index contributed by atoms with van der Waals surface area (Å²) in [6.45, 7) is 10.9. The predicted octanol–water partition coefficient (Wildman–Crippen LogP) is 5.28. The number of halogens is 1. The number of aryl methyl sites for hydroxylation is 1. The molecule has 1 N–H and O–H groups in total. The zero-order chi connectivity index (χ0) is 33.1. The second-order valence-corrected chi connectivity index (χ2v) is 11.7. The maximum atomic E-state index is 13.4. The van der Waals surface area contributed by atoms with E-state index in [0.717, 1.165) is 70.3 Å². The van der Waals surface area contributed by atoms with Gasteiger partial charge < -0.3 is 34.1 Å². The fraction of sp³-hybridized carbons (Fsp3) is 0.559. The van der Waals surface area contributed by atoms with Crippen molar-refractivity contribution >= 4 is 34.4 Å². The van der Waals surface area contributed by atoms with Crippen LogP contribution in [0.15, 0.2) is 30.5 Å². The van der Waals surface area contributed by atoms with E-state index in [1.807, 2.05) is 24.7 Å². The van der Waals surface area contributed by atoms with E-state index >= 15 is 0 Å². The Morgan fingerprint density at radius 2 is 1.52 bits per heavy atom. The molecule has 3 heterocycles. The summed E-state index contributed by atoms with van der Waals surface area (Å²) in [6.07, 6.45) is 5.67. The number of aromatic nitrogens is 2. The third-order valence-corrected chi connectivity index (χ3v) is 8.67. The summed E-state index contributed by atoms with van der Waals surface area (Å²) in [5.41, 5.74) is 1.52. The zero-order valence-corrected chi connectivity index (χ0v) is 28.5. The molecule has 46 heavy (non-hydrogen) atoms. The van der Waals surface area contributed by atoms with Gasteiger partial charge in [-0.05, 0) is 76.0 Å². The average molecular weight is 658 g/mol. The molecule has 1 aromatic heterocycles. The quantitative estimate of drug-likeness (QED) is 0.367. The first-order chi connectivity index (χ1) is 22.4. The molecule has 3 unspecified atom stereocenters. The maximum absolute atomic E-state index is 13.4. The summed E-state index contributed by atoms with van der Waals surface area (Å²) in [4.78, 5) is 31.2. The van der Waals surface area contributed by atoms with Gasteiger partial charge in [0.1, 0.15) is 6.10 Å². The Morgan fingerprint density at radius 3 is 2.20 bits per heavy atom. The second-order valence-electron chi connectivity index (χ2n) is 11.3. The number of nitrogens with zero attached hydrogens (tertiary/aromatic N) is 4. The molecule has 3 aromatic rings.